The van der Waals surface area contributed by atoms with Crippen molar-refractivity contribution in [1.29, 1.82) is 0 Å². The summed E-state index contributed by atoms with van der Waals surface area (Å²) in [5.41, 5.74) is 2.98. The molecule has 1 amide bonds. The van der Waals surface area contributed by atoms with Crippen molar-refractivity contribution < 1.29 is 9.53 Å². The van der Waals surface area contributed by atoms with Crippen LogP contribution in [0.25, 0.3) is 10.9 Å². The second kappa shape index (κ2) is 8.05. The number of fused-ring (bicyclic) bond motifs is 1. The Morgan fingerprint density at radius 2 is 2.00 bits per heavy atom. The normalized spacial score (nSPS) is 15.1. The monoisotopic (exact) mass is 385 g/mol. The summed E-state index contributed by atoms with van der Waals surface area (Å²) in [6.45, 7) is -0.0182. The lowest BCUT2D eigenvalue weighted by molar-refractivity contribution is -0.118. The predicted octanol–water partition coefficient (Wildman–Crippen LogP) is 4.45. The number of anilines is 1. The van der Waals surface area contributed by atoms with E-state index in [1.807, 2.05) is 53.9 Å². The van der Waals surface area contributed by atoms with Gasteiger partial charge in [0.15, 0.2) is 6.61 Å². The molecule has 1 fully saturated rings. The van der Waals surface area contributed by atoms with E-state index in [0.29, 0.717) is 10.3 Å². The maximum absolute atomic E-state index is 12.1. The largest absolute Gasteiger partial charge is 0.484 e. The summed E-state index contributed by atoms with van der Waals surface area (Å²) >= 11 is 3.99. The molecular weight excluding hydrogens is 366 g/mol. The molecule has 3 aromatic rings. The zero-order chi connectivity index (χ0) is 17.8. The number of aromatic amines is 1. The molecular formula is C19H19N3O2S2. The number of amides is 1. The molecule has 1 aliphatic rings. The SMILES string of the molecule is O=C(COc1ccc(C2SCCCS2)cc1)Nc1ccc2[nH]ncc2c1. The molecule has 26 heavy (non-hydrogen) atoms. The smallest absolute Gasteiger partial charge is 0.262 e. The van der Waals surface area contributed by atoms with Crippen LogP contribution >= 0.6 is 23.5 Å². The van der Waals surface area contributed by atoms with Crippen LogP contribution in [0.15, 0.2) is 48.7 Å². The molecule has 0 spiro atoms. The van der Waals surface area contributed by atoms with Crippen LogP contribution < -0.4 is 10.1 Å². The third-order valence-electron chi connectivity index (χ3n) is 4.07. The van der Waals surface area contributed by atoms with Crippen LogP contribution in [-0.2, 0) is 4.79 Å². The number of nitrogens with zero attached hydrogens (tertiary/aromatic N) is 1. The summed E-state index contributed by atoms with van der Waals surface area (Å²) in [6.07, 6.45) is 3.02. The summed E-state index contributed by atoms with van der Waals surface area (Å²) < 4.78 is 6.12. The lowest BCUT2D eigenvalue weighted by Crippen LogP contribution is -2.20. The average Bonchev–Trinajstić information content (AvgIpc) is 3.15. The van der Waals surface area contributed by atoms with Gasteiger partial charge in [0.25, 0.3) is 5.91 Å². The van der Waals surface area contributed by atoms with Crippen molar-refractivity contribution in [2.45, 2.75) is 11.0 Å². The van der Waals surface area contributed by atoms with Crippen molar-refractivity contribution in [3.63, 3.8) is 0 Å². The van der Waals surface area contributed by atoms with Crippen LogP contribution in [0.1, 0.15) is 16.6 Å². The number of ether oxygens (including phenoxy) is 1. The van der Waals surface area contributed by atoms with E-state index < -0.39 is 0 Å². The van der Waals surface area contributed by atoms with E-state index in [1.54, 1.807) is 6.20 Å². The molecule has 1 aliphatic heterocycles. The van der Waals surface area contributed by atoms with Crippen LogP contribution in [0.5, 0.6) is 5.75 Å². The van der Waals surface area contributed by atoms with Crippen LogP contribution in [0, 0.1) is 0 Å². The summed E-state index contributed by atoms with van der Waals surface area (Å²) in [5, 5.41) is 10.7. The molecule has 1 aromatic heterocycles. The molecule has 1 saturated heterocycles. The van der Waals surface area contributed by atoms with Gasteiger partial charge in [-0.2, -0.15) is 5.10 Å². The van der Waals surface area contributed by atoms with Gasteiger partial charge >= 0.3 is 0 Å². The fourth-order valence-electron chi connectivity index (χ4n) is 2.77. The van der Waals surface area contributed by atoms with E-state index in [9.17, 15) is 4.79 Å². The van der Waals surface area contributed by atoms with E-state index in [2.05, 4.69) is 27.6 Å². The van der Waals surface area contributed by atoms with Crippen molar-refractivity contribution in [3.05, 3.63) is 54.2 Å². The maximum Gasteiger partial charge on any atom is 0.262 e. The van der Waals surface area contributed by atoms with E-state index in [0.717, 1.165) is 16.6 Å². The van der Waals surface area contributed by atoms with Gasteiger partial charge in [0, 0.05) is 11.1 Å². The Morgan fingerprint density at radius 3 is 2.81 bits per heavy atom. The first-order valence-corrected chi connectivity index (χ1v) is 10.6. The number of rotatable bonds is 5. The Kier molecular flexibility index (Phi) is 5.36. The molecule has 5 nitrogen and oxygen atoms in total. The number of carbonyl (C=O) groups is 1. The summed E-state index contributed by atoms with van der Waals surface area (Å²) in [4.78, 5) is 12.1. The van der Waals surface area contributed by atoms with Crippen LogP contribution in [0.3, 0.4) is 0 Å². The third-order valence-corrected chi connectivity index (χ3v) is 7.09. The molecule has 2 heterocycles. The van der Waals surface area contributed by atoms with Gasteiger partial charge in [-0.15, -0.1) is 23.5 Å². The van der Waals surface area contributed by atoms with Gasteiger partial charge in [-0.25, -0.2) is 0 Å². The molecule has 0 saturated carbocycles. The Hall–Kier alpha value is -2.12. The first-order chi connectivity index (χ1) is 12.8. The highest BCUT2D eigenvalue weighted by molar-refractivity contribution is 8.16. The lowest BCUT2D eigenvalue weighted by atomic mass is 10.2. The molecule has 2 aromatic carbocycles. The maximum atomic E-state index is 12.1. The highest BCUT2D eigenvalue weighted by atomic mass is 32.2. The summed E-state index contributed by atoms with van der Waals surface area (Å²) in [7, 11) is 0. The zero-order valence-electron chi connectivity index (χ0n) is 14.1. The van der Waals surface area contributed by atoms with Gasteiger partial charge in [-0.1, -0.05) is 12.1 Å². The minimum atomic E-state index is -0.185. The van der Waals surface area contributed by atoms with Gasteiger partial charge in [-0.3, -0.25) is 9.89 Å². The Bertz CT molecular complexity index is 889. The standard InChI is InChI=1S/C19H19N3O2S2/c23-18(21-15-4-7-17-14(10-15)11-20-22-17)12-24-16-5-2-13(3-6-16)19-25-8-1-9-26-19/h2-7,10-11,19H,1,8-9,12H2,(H,20,22)(H,21,23). The van der Waals surface area contributed by atoms with Crippen molar-refractivity contribution in [1.82, 2.24) is 10.2 Å². The van der Waals surface area contributed by atoms with Gasteiger partial charge in [0.1, 0.15) is 5.75 Å². The van der Waals surface area contributed by atoms with Gasteiger partial charge in [0.05, 0.1) is 16.3 Å². The lowest BCUT2D eigenvalue weighted by Gasteiger charge is -2.21. The predicted molar refractivity (Wildman–Crippen MR) is 109 cm³/mol. The number of nitrogens with one attached hydrogen (secondary N) is 2. The van der Waals surface area contributed by atoms with Crippen LogP contribution in [0.2, 0.25) is 0 Å². The second-order valence-electron chi connectivity index (χ2n) is 6.00. The number of hydrogen-bond donors (Lipinski definition) is 2. The fourth-order valence-corrected chi connectivity index (χ4v) is 5.66. The first-order valence-electron chi connectivity index (χ1n) is 8.47. The number of H-pyrrole nitrogens is 1. The molecule has 134 valence electrons. The van der Waals surface area contributed by atoms with Gasteiger partial charge in [-0.05, 0) is 53.8 Å². The quantitative estimate of drug-likeness (QED) is 0.679. The highest BCUT2D eigenvalue weighted by Gasteiger charge is 2.16. The minimum Gasteiger partial charge on any atom is -0.484 e. The molecule has 0 aliphatic carbocycles. The zero-order valence-corrected chi connectivity index (χ0v) is 15.7. The second-order valence-corrected chi connectivity index (χ2v) is 8.73. The summed E-state index contributed by atoms with van der Waals surface area (Å²) in [5.74, 6) is 2.97. The molecule has 4 rings (SSSR count). The molecule has 0 atom stereocenters. The minimum absolute atomic E-state index is 0.0182. The van der Waals surface area contributed by atoms with Crippen molar-refractivity contribution in [2.75, 3.05) is 23.4 Å². The molecule has 2 N–H and O–H groups in total. The number of aromatic nitrogens is 2. The topological polar surface area (TPSA) is 67.0 Å². The molecule has 7 heteroatoms. The Labute approximate surface area is 160 Å². The fraction of sp³-hybridized carbons (Fsp3) is 0.263. The number of benzene rings is 2. The van der Waals surface area contributed by atoms with E-state index in [4.69, 9.17) is 4.74 Å². The summed E-state index contributed by atoms with van der Waals surface area (Å²) in [6, 6.07) is 13.7. The highest BCUT2D eigenvalue weighted by Crippen LogP contribution is 2.43. The van der Waals surface area contributed by atoms with Crippen molar-refractivity contribution in [3.8, 4) is 5.75 Å². The van der Waals surface area contributed by atoms with E-state index in [-0.39, 0.29) is 12.5 Å². The van der Waals surface area contributed by atoms with Gasteiger partial charge < -0.3 is 10.1 Å². The molecule has 0 radical (unpaired) electrons. The number of carbonyl (C=O) groups excluding carboxylic acids is 1. The van der Waals surface area contributed by atoms with Crippen LogP contribution in [-0.4, -0.2) is 34.2 Å². The number of thioether (sulfide) groups is 2. The average molecular weight is 386 g/mol. The van der Waals surface area contributed by atoms with Crippen LogP contribution in [0.4, 0.5) is 5.69 Å². The third kappa shape index (κ3) is 4.16. The Balaban J connectivity index is 1.30. The first kappa shape index (κ1) is 17.3. The van der Waals surface area contributed by atoms with Gasteiger partial charge in [0.2, 0.25) is 0 Å². The van der Waals surface area contributed by atoms with Crippen molar-refractivity contribution >= 4 is 46.0 Å². The molecule has 0 unspecified atom stereocenters. The number of hydrogen-bond acceptors (Lipinski definition) is 5. The van der Waals surface area contributed by atoms with E-state index >= 15 is 0 Å². The molecule has 0 bridgehead atoms. The van der Waals surface area contributed by atoms with Crippen molar-refractivity contribution in [2.24, 2.45) is 0 Å². The Morgan fingerprint density at radius 1 is 1.19 bits per heavy atom. The van der Waals surface area contributed by atoms with E-state index in [1.165, 1.54) is 23.5 Å².